The lowest BCUT2D eigenvalue weighted by Crippen LogP contribution is -2.20. The highest BCUT2D eigenvalue weighted by atomic mass is 32.2. The van der Waals surface area contributed by atoms with Gasteiger partial charge in [-0.15, -0.1) is 10.2 Å². The maximum atomic E-state index is 13.7. The van der Waals surface area contributed by atoms with Crippen molar-refractivity contribution in [2.24, 2.45) is 0 Å². The maximum absolute atomic E-state index is 13.7. The molecule has 20 heavy (non-hydrogen) atoms. The van der Waals surface area contributed by atoms with Gasteiger partial charge in [0.1, 0.15) is 11.6 Å². The number of fused-ring (bicyclic) bond motifs is 1. The van der Waals surface area contributed by atoms with Crippen LogP contribution in [0.4, 0.5) is 17.6 Å². The molecule has 1 aliphatic heterocycles. The summed E-state index contributed by atoms with van der Waals surface area (Å²) in [6.45, 7) is 0. The number of thioether (sulfide) groups is 1. The van der Waals surface area contributed by atoms with E-state index in [-0.39, 0.29) is 16.4 Å². The molecular formula is C11H6F4N4S. The molecule has 0 atom stereocenters. The molecule has 0 bridgehead atoms. The number of aromatic nitrogens is 3. The predicted molar refractivity (Wildman–Crippen MR) is 64.5 cm³/mol. The first kappa shape index (κ1) is 13.0. The summed E-state index contributed by atoms with van der Waals surface area (Å²) in [7, 11) is 0. The molecule has 1 N–H and O–H groups in total. The molecule has 0 unspecified atom stereocenters. The summed E-state index contributed by atoms with van der Waals surface area (Å²) in [5.41, 5.74) is 2.88. The third kappa shape index (κ3) is 2.13. The van der Waals surface area contributed by atoms with Crippen LogP contribution in [0.5, 0.6) is 0 Å². The Morgan fingerprint density at radius 2 is 2.00 bits per heavy atom. The third-order valence-corrected chi connectivity index (χ3v) is 3.42. The molecule has 0 aliphatic carbocycles. The highest BCUT2D eigenvalue weighted by Gasteiger charge is 2.24. The first-order valence-electron chi connectivity index (χ1n) is 5.39. The van der Waals surface area contributed by atoms with Crippen LogP contribution in [0.2, 0.25) is 0 Å². The van der Waals surface area contributed by atoms with Crippen molar-refractivity contribution in [3.05, 3.63) is 46.6 Å². The Morgan fingerprint density at radius 3 is 2.70 bits per heavy atom. The fourth-order valence-electron chi connectivity index (χ4n) is 1.69. The molecule has 0 amide bonds. The summed E-state index contributed by atoms with van der Waals surface area (Å²) in [5, 5.41) is 8.64. The highest BCUT2D eigenvalue weighted by Crippen LogP contribution is 2.31. The standard InChI is InChI=1S/C11H6F4N4S/c12-5-1-2-6(7(13)3-5)8-4-20-11-17-16-10(9(14)15)19(11)18-8/h1-4,9,18H. The minimum Gasteiger partial charge on any atom is -0.289 e. The predicted octanol–water partition coefficient (Wildman–Crippen LogP) is 3.14. The van der Waals surface area contributed by atoms with Gasteiger partial charge in [0.15, 0.2) is 0 Å². The number of benzene rings is 1. The van der Waals surface area contributed by atoms with Crippen LogP contribution < -0.4 is 5.43 Å². The molecule has 0 saturated carbocycles. The lowest BCUT2D eigenvalue weighted by atomic mass is 10.1. The smallest absolute Gasteiger partial charge is 0.289 e. The number of alkyl halides is 2. The van der Waals surface area contributed by atoms with E-state index in [0.29, 0.717) is 0 Å². The first-order valence-corrected chi connectivity index (χ1v) is 6.27. The van der Waals surface area contributed by atoms with Gasteiger partial charge in [0.25, 0.3) is 6.43 Å². The lowest BCUT2D eigenvalue weighted by molar-refractivity contribution is 0.136. The van der Waals surface area contributed by atoms with E-state index in [0.717, 1.165) is 28.6 Å². The molecule has 0 saturated heterocycles. The maximum Gasteiger partial charge on any atom is 0.299 e. The van der Waals surface area contributed by atoms with Crippen LogP contribution >= 0.6 is 11.8 Å². The van der Waals surface area contributed by atoms with Gasteiger partial charge >= 0.3 is 0 Å². The zero-order chi connectivity index (χ0) is 14.3. The molecule has 3 rings (SSSR count). The molecule has 1 aromatic heterocycles. The average molecular weight is 302 g/mol. The molecule has 4 nitrogen and oxygen atoms in total. The average Bonchev–Trinajstić information content (AvgIpc) is 2.81. The van der Waals surface area contributed by atoms with Gasteiger partial charge in [-0.2, -0.15) is 0 Å². The molecule has 2 heterocycles. The molecular weight excluding hydrogens is 296 g/mol. The second kappa shape index (κ2) is 4.82. The summed E-state index contributed by atoms with van der Waals surface area (Å²) < 4.78 is 53.0. The highest BCUT2D eigenvalue weighted by molar-refractivity contribution is 8.02. The molecule has 0 fully saturated rings. The monoisotopic (exact) mass is 302 g/mol. The fraction of sp³-hybridized carbons (Fsp3) is 0.0909. The quantitative estimate of drug-likeness (QED) is 0.866. The summed E-state index contributed by atoms with van der Waals surface area (Å²) >= 11 is 1.01. The van der Waals surface area contributed by atoms with Crippen LogP contribution in [0.15, 0.2) is 28.8 Å². The van der Waals surface area contributed by atoms with Gasteiger partial charge in [-0.25, -0.2) is 22.2 Å². The summed E-state index contributed by atoms with van der Waals surface area (Å²) in [5.74, 6) is -2.08. The van der Waals surface area contributed by atoms with Gasteiger partial charge in [-0.3, -0.25) is 5.43 Å². The van der Waals surface area contributed by atoms with E-state index in [9.17, 15) is 17.6 Å². The number of rotatable bonds is 2. The SMILES string of the molecule is Fc1ccc(C2=CSc3nnc(C(F)F)n3N2)c(F)c1. The Bertz CT molecular complexity index is 698. The van der Waals surface area contributed by atoms with Crippen molar-refractivity contribution in [1.82, 2.24) is 14.9 Å². The van der Waals surface area contributed by atoms with Crippen LogP contribution in [-0.2, 0) is 0 Å². The zero-order valence-electron chi connectivity index (χ0n) is 9.65. The number of halogens is 4. The fourth-order valence-corrected chi connectivity index (χ4v) is 2.43. The first-order chi connectivity index (χ1) is 9.56. The Kier molecular flexibility index (Phi) is 3.13. The summed E-state index contributed by atoms with van der Waals surface area (Å²) in [6, 6.07) is 3.03. The zero-order valence-corrected chi connectivity index (χ0v) is 10.5. The summed E-state index contributed by atoms with van der Waals surface area (Å²) in [4.78, 5) is 0. The van der Waals surface area contributed by atoms with Crippen LogP contribution in [0.3, 0.4) is 0 Å². The van der Waals surface area contributed by atoms with E-state index < -0.39 is 23.9 Å². The Balaban J connectivity index is 1.97. The molecule has 9 heteroatoms. The van der Waals surface area contributed by atoms with Crippen molar-refractivity contribution < 1.29 is 17.6 Å². The second-order valence-corrected chi connectivity index (χ2v) is 4.70. The third-order valence-electron chi connectivity index (χ3n) is 2.59. The number of nitrogens with zero attached hydrogens (tertiary/aromatic N) is 3. The summed E-state index contributed by atoms with van der Waals surface area (Å²) in [6.07, 6.45) is -2.82. The van der Waals surface area contributed by atoms with E-state index >= 15 is 0 Å². The van der Waals surface area contributed by atoms with Gasteiger partial charge < -0.3 is 0 Å². The van der Waals surface area contributed by atoms with E-state index in [4.69, 9.17) is 0 Å². The minimum atomic E-state index is -2.82. The van der Waals surface area contributed by atoms with Crippen molar-refractivity contribution in [3.8, 4) is 0 Å². The van der Waals surface area contributed by atoms with Gasteiger partial charge in [-0.05, 0) is 12.1 Å². The topological polar surface area (TPSA) is 42.7 Å². The van der Waals surface area contributed by atoms with Gasteiger partial charge in [-0.1, -0.05) is 11.8 Å². The molecule has 0 radical (unpaired) electrons. The van der Waals surface area contributed by atoms with E-state index in [1.54, 1.807) is 0 Å². The number of hydrogen-bond acceptors (Lipinski definition) is 4. The van der Waals surface area contributed by atoms with Gasteiger partial charge in [0, 0.05) is 17.0 Å². The molecule has 1 aliphatic rings. The Hall–Kier alpha value is -2.03. The van der Waals surface area contributed by atoms with Crippen molar-refractivity contribution >= 4 is 17.5 Å². The van der Waals surface area contributed by atoms with E-state index in [1.807, 2.05) is 0 Å². The van der Waals surface area contributed by atoms with Crippen molar-refractivity contribution in [1.29, 1.82) is 0 Å². The van der Waals surface area contributed by atoms with Crippen LogP contribution in [0, 0.1) is 11.6 Å². The van der Waals surface area contributed by atoms with Gasteiger partial charge in [0.2, 0.25) is 11.0 Å². The molecule has 1 aromatic carbocycles. The van der Waals surface area contributed by atoms with E-state index in [1.165, 1.54) is 11.5 Å². The molecule has 2 aromatic rings. The lowest BCUT2D eigenvalue weighted by Gasteiger charge is -2.19. The van der Waals surface area contributed by atoms with Crippen molar-refractivity contribution in [2.45, 2.75) is 11.6 Å². The van der Waals surface area contributed by atoms with Crippen LogP contribution in [-0.4, -0.2) is 14.9 Å². The molecule has 0 spiro atoms. The number of hydrogen-bond donors (Lipinski definition) is 1. The molecule has 104 valence electrons. The van der Waals surface area contributed by atoms with E-state index in [2.05, 4.69) is 15.6 Å². The minimum absolute atomic E-state index is 0.0680. The Labute approximate surface area is 114 Å². The Morgan fingerprint density at radius 1 is 1.20 bits per heavy atom. The largest absolute Gasteiger partial charge is 0.299 e. The van der Waals surface area contributed by atoms with Crippen molar-refractivity contribution in [3.63, 3.8) is 0 Å². The number of nitrogens with one attached hydrogen (secondary N) is 1. The van der Waals surface area contributed by atoms with Gasteiger partial charge in [0.05, 0.1) is 5.70 Å². The van der Waals surface area contributed by atoms with Crippen LogP contribution in [0.25, 0.3) is 5.70 Å². The second-order valence-electron chi connectivity index (χ2n) is 3.86. The normalized spacial score (nSPS) is 13.9. The van der Waals surface area contributed by atoms with Crippen molar-refractivity contribution in [2.75, 3.05) is 5.43 Å². The van der Waals surface area contributed by atoms with Crippen LogP contribution in [0.1, 0.15) is 17.8 Å².